The Bertz CT molecular complexity index is 350. The molecule has 2 amide bonds. The van der Waals surface area contributed by atoms with E-state index < -0.39 is 11.9 Å². The molecule has 2 N–H and O–H groups in total. The number of rotatable bonds is 3. The van der Waals surface area contributed by atoms with E-state index in [-0.39, 0.29) is 11.6 Å². The number of amides is 2. The first-order valence-electron chi connectivity index (χ1n) is 6.70. The molecule has 5 heteroatoms. The third-order valence-electron chi connectivity index (χ3n) is 4.08. The van der Waals surface area contributed by atoms with E-state index in [1.54, 1.807) is 4.90 Å². The minimum atomic E-state index is -0.797. The number of nitrogens with one attached hydrogen (secondary N) is 1. The normalized spacial score (nSPS) is 24.8. The smallest absolute Gasteiger partial charge is 0.317 e. The molecule has 0 spiro atoms. The molecule has 1 heterocycles. The molecule has 0 aromatic heterocycles. The first-order chi connectivity index (χ1) is 8.40. The summed E-state index contributed by atoms with van der Waals surface area (Å²) >= 11 is 0. The Kier molecular flexibility index (Phi) is 3.50. The fourth-order valence-corrected chi connectivity index (χ4v) is 2.62. The van der Waals surface area contributed by atoms with Crippen molar-refractivity contribution in [1.29, 1.82) is 0 Å². The summed E-state index contributed by atoms with van der Waals surface area (Å²) in [7, 11) is 0. The zero-order chi connectivity index (χ0) is 13.3. The van der Waals surface area contributed by atoms with Gasteiger partial charge in [0, 0.05) is 18.6 Å². The van der Waals surface area contributed by atoms with Crippen LogP contribution in [0.4, 0.5) is 4.79 Å². The second-order valence-corrected chi connectivity index (χ2v) is 6.05. The number of carboxylic acids is 1. The van der Waals surface area contributed by atoms with Gasteiger partial charge >= 0.3 is 12.0 Å². The molecular formula is C13H22N2O3. The molecule has 1 saturated carbocycles. The fraction of sp³-hybridized carbons (Fsp3) is 0.846. The highest BCUT2D eigenvalue weighted by atomic mass is 16.4. The Labute approximate surface area is 108 Å². The Morgan fingerprint density at radius 1 is 1.28 bits per heavy atom. The quantitative estimate of drug-likeness (QED) is 0.805. The Morgan fingerprint density at radius 2 is 1.94 bits per heavy atom. The number of aliphatic carboxylic acids is 1. The summed E-state index contributed by atoms with van der Waals surface area (Å²) in [6.45, 7) is 5.08. The van der Waals surface area contributed by atoms with Gasteiger partial charge in [-0.2, -0.15) is 0 Å². The van der Waals surface area contributed by atoms with Crippen LogP contribution < -0.4 is 5.32 Å². The van der Waals surface area contributed by atoms with Crippen LogP contribution in [0.15, 0.2) is 0 Å². The molecule has 0 bridgehead atoms. The van der Waals surface area contributed by atoms with Gasteiger partial charge in [0.05, 0.1) is 5.92 Å². The average molecular weight is 254 g/mol. The van der Waals surface area contributed by atoms with Gasteiger partial charge in [0.1, 0.15) is 0 Å². The molecule has 0 aromatic rings. The number of carbonyl (C=O) groups is 2. The van der Waals surface area contributed by atoms with Crippen molar-refractivity contribution in [2.45, 2.75) is 45.1 Å². The van der Waals surface area contributed by atoms with Crippen LogP contribution in [0, 0.1) is 11.8 Å². The number of carbonyl (C=O) groups excluding carboxylic acids is 1. The van der Waals surface area contributed by atoms with Crippen LogP contribution in [-0.2, 0) is 4.79 Å². The van der Waals surface area contributed by atoms with Crippen LogP contribution in [0.5, 0.6) is 0 Å². The van der Waals surface area contributed by atoms with Gasteiger partial charge in [-0.15, -0.1) is 0 Å². The lowest BCUT2D eigenvalue weighted by Gasteiger charge is -2.35. The molecule has 0 aromatic carbocycles. The lowest BCUT2D eigenvalue weighted by Crippen LogP contribution is -2.54. The van der Waals surface area contributed by atoms with Gasteiger partial charge in [0.25, 0.3) is 0 Å². The van der Waals surface area contributed by atoms with Crippen LogP contribution in [-0.4, -0.2) is 40.6 Å². The first kappa shape index (κ1) is 13.2. The van der Waals surface area contributed by atoms with Crippen molar-refractivity contribution >= 4 is 12.0 Å². The summed E-state index contributed by atoms with van der Waals surface area (Å²) in [4.78, 5) is 24.7. The van der Waals surface area contributed by atoms with Gasteiger partial charge in [-0.3, -0.25) is 4.79 Å². The first-order valence-corrected chi connectivity index (χ1v) is 6.70. The highest BCUT2D eigenvalue weighted by Crippen LogP contribution is 2.39. The molecule has 1 aliphatic carbocycles. The van der Waals surface area contributed by atoms with E-state index >= 15 is 0 Å². The van der Waals surface area contributed by atoms with E-state index in [1.807, 2.05) is 13.8 Å². The van der Waals surface area contributed by atoms with E-state index in [1.165, 1.54) is 12.8 Å². The van der Waals surface area contributed by atoms with Gasteiger partial charge in [0.2, 0.25) is 0 Å². The topological polar surface area (TPSA) is 69.6 Å². The van der Waals surface area contributed by atoms with Crippen molar-refractivity contribution in [2.24, 2.45) is 11.8 Å². The Hall–Kier alpha value is -1.26. The Balaban J connectivity index is 1.90. The third kappa shape index (κ3) is 2.94. The number of urea groups is 1. The summed E-state index contributed by atoms with van der Waals surface area (Å²) in [5, 5.41) is 12.1. The van der Waals surface area contributed by atoms with Crippen LogP contribution in [0.2, 0.25) is 0 Å². The van der Waals surface area contributed by atoms with Gasteiger partial charge in [-0.05, 0) is 45.4 Å². The molecule has 2 aliphatic rings. The molecule has 1 atom stereocenters. The van der Waals surface area contributed by atoms with Crippen molar-refractivity contribution in [3.05, 3.63) is 0 Å². The zero-order valence-corrected chi connectivity index (χ0v) is 11.1. The van der Waals surface area contributed by atoms with E-state index in [0.717, 1.165) is 6.42 Å². The van der Waals surface area contributed by atoms with E-state index in [4.69, 9.17) is 5.11 Å². The van der Waals surface area contributed by atoms with Crippen LogP contribution >= 0.6 is 0 Å². The molecule has 1 aliphatic heterocycles. The SMILES string of the molecule is CC(C)(NC(=O)N1CCC[C@@H](C(=O)O)C1)C1CC1. The van der Waals surface area contributed by atoms with Gasteiger partial charge < -0.3 is 15.3 Å². The van der Waals surface area contributed by atoms with E-state index in [2.05, 4.69) is 5.32 Å². The summed E-state index contributed by atoms with van der Waals surface area (Å²) in [6.07, 6.45) is 3.79. The maximum Gasteiger partial charge on any atom is 0.317 e. The molecule has 102 valence electrons. The van der Waals surface area contributed by atoms with Gasteiger partial charge in [-0.1, -0.05) is 0 Å². The van der Waals surface area contributed by atoms with Crippen LogP contribution in [0.25, 0.3) is 0 Å². The number of nitrogens with zero attached hydrogens (tertiary/aromatic N) is 1. The van der Waals surface area contributed by atoms with Gasteiger partial charge in [0.15, 0.2) is 0 Å². The summed E-state index contributed by atoms with van der Waals surface area (Å²) in [5.41, 5.74) is -0.173. The number of hydrogen-bond donors (Lipinski definition) is 2. The Morgan fingerprint density at radius 3 is 2.50 bits per heavy atom. The number of hydrogen-bond acceptors (Lipinski definition) is 2. The highest BCUT2D eigenvalue weighted by Gasteiger charge is 2.40. The molecule has 0 radical (unpaired) electrons. The van der Waals surface area contributed by atoms with Gasteiger partial charge in [-0.25, -0.2) is 4.79 Å². The highest BCUT2D eigenvalue weighted by molar-refractivity contribution is 5.77. The number of piperidine rings is 1. The summed E-state index contributed by atoms with van der Waals surface area (Å²) in [6, 6.07) is -0.113. The standard InChI is InChI=1S/C13H22N2O3/c1-13(2,10-5-6-10)14-12(18)15-7-3-4-9(8-15)11(16)17/h9-10H,3-8H2,1-2H3,(H,14,18)(H,16,17)/t9-/m1/s1. The van der Waals surface area contributed by atoms with Crippen molar-refractivity contribution < 1.29 is 14.7 Å². The van der Waals surface area contributed by atoms with E-state index in [0.29, 0.717) is 25.4 Å². The van der Waals surface area contributed by atoms with Crippen molar-refractivity contribution in [3.8, 4) is 0 Å². The maximum absolute atomic E-state index is 12.1. The molecule has 2 rings (SSSR count). The predicted molar refractivity (Wildman–Crippen MR) is 67.3 cm³/mol. The molecule has 2 fully saturated rings. The maximum atomic E-state index is 12.1. The second-order valence-electron chi connectivity index (χ2n) is 6.05. The lowest BCUT2D eigenvalue weighted by atomic mass is 9.97. The van der Waals surface area contributed by atoms with Crippen molar-refractivity contribution in [2.75, 3.05) is 13.1 Å². The molecule has 0 unspecified atom stereocenters. The summed E-state index contributed by atoms with van der Waals surface area (Å²) < 4.78 is 0. The van der Waals surface area contributed by atoms with Crippen molar-refractivity contribution in [1.82, 2.24) is 10.2 Å². The average Bonchev–Trinajstić information content (AvgIpc) is 3.12. The summed E-state index contributed by atoms with van der Waals surface area (Å²) in [5.74, 6) is -0.635. The largest absolute Gasteiger partial charge is 0.481 e. The van der Waals surface area contributed by atoms with Crippen LogP contribution in [0.3, 0.4) is 0 Å². The molecular weight excluding hydrogens is 232 g/mol. The minimum absolute atomic E-state index is 0.113. The predicted octanol–water partition coefficient (Wildman–Crippen LogP) is 1.68. The third-order valence-corrected chi connectivity index (χ3v) is 4.08. The molecule has 1 saturated heterocycles. The van der Waals surface area contributed by atoms with E-state index in [9.17, 15) is 9.59 Å². The molecule has 5 nitrogen and oxygen atoms in total. The minimum Gasteiger partial charge on any atom is -0.481 e. The van der Waals surface area contributed by atoms with Crippen molar-refractivity contribution in [3.63, 3.8) is 0 Å². The lowest BCUT2D eigenvalue weighted by molar-refractivity contribution is -0.143. The number of carboxylic acid groups (broad SMARTS) is 1. The second kappa shape index (κ2) is 4.78. The fourth-order valence-electron chi connectivity index (χ4n) is 2.62. The zero-order valence-electron chi connectivity index (χ0n) is 11.1. The monoisotopic (exact) mass is 254 g/mol. The number of likely N-dealkylation sites (tertiary alicyclic amines) is 1. The molecule has 18 heavy (non-hydrogen) atoms. The van der Waals surface area contributed by atoms with Crippen LogP contribution in [0.1, 0.15) is 39.5 Å².